The fraction of sp³-hybridized carbons (Fsp3) is 0.480. The summed E-state index contributed by atoms with van der Waals surface area (Å²) in [6.07, 6.45) is -5.03. The molecule has 0 bridgehead atoms. The van der Waals surface area contributed by atoms with Crippen LogP contribution >= 0.6 is 0 Å². The van der Waals surface area contributed by atoms with Gasteiger partial charge in [-0.25, -0.2) is 4.79 Å². The monoisotopic (exact) mass is 464 g/mol. The lowest BCUT2D eigenvalue weighted by molar-refractivity contribution is -0.137. The van der Waals surface area contributed by atoms with Gasteiger partial charge in [0.05, 0.1) is 17.7 Å². The molecule has 1 amide bonds. The first-order valence-electron chi connectivity index (χ1n) is 11.0. The van der Waals surface area contributed by atoms with Gasteiger partial charge >= 0.3 is 12.3 Å². The number of carboxylic acid groups (broad SMARTS) is 1. The minimum Gasteiger partial charge on any atom is -0.465 e. The van der Waals surface area contributed by atoms with Crippen LogP contribution in [0, 0.1) is 0 Å². The summed E-state index contributed by atoms with van der Waals surface area (Å²) in [6.45, 7) is 5.35. The molecular weight excluding hydrogens is 433 g/mol. The van der Waals surface area contributed by atoms with Crippen LogP contribution in [0.2, 0.25) is 0 Å². The van der Waals surface area contributed by atoms with Crippen LogP contribution < -0.4 is 5.32 Å². The third kappa shape index (κ3) is 6.06. The van der Waals surface area contributed by atoms with Gasteiger partial charge in [0, 0.05) is 17.6 Å². The zero-order chi connectivity index (χ0) is 24.4. The summed E-state index contributed by atoms with van der Waals surface area (Å²) in [6, 6.07) is 13.8. The van der Waals surface area contributed by atoms with Gasteiger partial charge in [0.15, 0.2) is 0 Å². The van der Waals surface area contributed by atoms with Gasteiger partial charge < -0.3 is 15.5 Å². The summed E-state index contributed by atoms with van der Waals surface area (Å²) in [5.74, 6) is 0. The third-order valence-corrected chi connectivity index (χ3v) is 6.13. The molecule has 2 aromatic rings. The smallest absolute Gasteiger partial charge is 0.416 e. The zero-order valence-electron chi connectivity index (χ0n) is 19.1. The van der Waals surface area contributed by atoms with Gasteiger partial charge in [-0.05, 0) is 63.3 Å². The van der Waals surface area contributed by atoms with Crippen LogP contribution in [0.4, 0.5) is 18.0 Å². The van der Waals surface area contributed by atoms with Crippen molar-refractivity contribution in [3.63, 3.8) is 0 Å². The molecule has 3 N–H and O–H groups in total. The molecule has 0 unspecified atom stereocenters. The maximum absolute atomic E-state index is 13.2. The number of rotatable bonds is 8. The summed E-state index contributed by atoms with van der Waals surface area (Å²) in [5, 5.41) is 24.3. The number of aliphatic hydroxyl groups is 1. The Bertz CT molecular complexity index is 953. The number of nitrogens with one attached hydrogen (secondary N) is 1. The van der Waals surface area contributed by atoms with E-state index in [4.69, 9.17) is 0 Å². The number of amides is 1. The van der Waals surface area contributed by atoms with E-state index in [0.717, 1.165) is 17.7 Å². The zero-order valence-corrected chi connectivity index (χ0v) is 19.1. The molecule has 1 aliphatic rings. The summed E-state index contributed by atoms with van der Waals surface area (Å²) < 4.78 is 39.5. The molecule has 0 saturated heterocycles. The lowest BCUT2D eigenvalue weighted by Gasteiger charge is -2.42. The number of carbonyl (C=O) groups is 1. The second kappa shape index (κ2) is 9.35. The molecule has 33 heavy (non-hydrogen) atoms. The highest BCUT2D eigenvalue weighted by atomic mass is 19.4. The van der Waals surface area contributed by atoms with E-state index < -0.39 is 41.1 Å². The first kappa shape index (κ1) is 25.1. The molecular formula is C25H31F3N2O3. The second-order valence-corrected chi connectivity index (χ2v) is 9.69. The molecule has 8 heteroatoms. The van der Waals surface area contributed by atoms with Crippen molar-refractivity contribution in [2.45, 2.75) is 69.4 Å². The van der Waals surface area contributed by atoms with E-state index in [0.29, 0.717) is 24.8 Å². The van der Waals surface area contributed by atoms with Crippen LogP contribution in [0.5, 0.6) is 0 Å². The summed E-state index contributed by atoms with van der Waals surface area (Å²) in [7, 11) is 0. The third-order valence-electron chi connectivity index (χ3n) is 6.13. The van der Waals surface area contributed by atoms with Crippen LogP contribution in [-0.2, 0) is 18.1 Å². The number of benzene rings is 2. The van der Waals surface area contributed by atoms with Crippen molar-refractivity contribution in [1.29, 1.82) is 0 Å². The first-order chi connectivity index (χ1) is 15.3. The minimum atomic E-state index is -4.43. The highest BCUT2D eigenvalue weighted by molar-refractivity contribution is 5.66. The second-order valence-electron chi connectivity index (χ2n) is 9.69. The predicted octanol–water partition coefficient (Wildman–Crippen LogP) is 5.03. The van der Waals surface area contributed by atoms with Crippen molar-refractivity contribution < 1.29 is 28.2 Å². The van der Waals surface area contributed by atoms with Crippen molar-refractivity contribution in [3.05, 3.63) is 71.3 Å². The minimum absolute atomic E-state index is 0.0492. The molecule has 5 nitrogen and oxygen atoms in total. The normalized spacial score (nSPS) is 17.3. The van der Waals surface area contributed by atoms with Gasteiger partial charge in [-0.2, -0.15) is 13.2 Å². The number of aliphatic hydroxyl groups excluding tert-OH is 1. The Morgan fingerprint density at radius 3 is 2.24 bits per heavy atom. The Balaban J connectivity index is 1.81. The Hall–Kier alpha value is -2.58. The number of halogens is 3. The van der Waals surface area contributed by atoms with Gasteiger partial charge in [0.25, 0.3) is 0 Å². The van der Waals surface area contributed by atoms with Crippen LogP contribution in [0.15, 0.2) is 54.6 Å². The average molecular weight is 465 g/mol. The Morgan fingerprint density at radius 1 is 1.09 bits per heavy atom. The van der Waals surface area contributed by atoms with E-state index >= 15 is 0 Å². The van der Waals surface area contributed by atoms with Gasteiger partial charge in [0.1, 0.15) is 0 Å². The van der Waals surface area contributed by atoms with Crippen molar-refractivity contribution in [2.24, 2.45) is 0 Å². The Kier molecular flexibility index (Phi) is 7.10. The molecule has 1 fully saturated rings. The summed E-state index contributed by atoms with van der Waals surface area (Å²) in [4.78, 5) is 13.4. The van der Waals surface area contributed by atoms with Crippen molar-refractivity contribution in [2.75, 3.05) is 6.54 Å². The maximum atomic E-state index is 13.2. The van der Waals surface area contributed by atoms with E-state index in [-0.39, 0.29) is 6.54 Å². The molecule has 0 spiro atoms. The predicted molar refractivity (Wildman–Crippen MR) is 120 cm³/mol. The molecule has 0 aromatic heterocycles. The van der Waals surface area contributed by atoms with E-state index in [1.165, 1.54) is 11.0 Å². The molecule has 0 heterocycles. The maximum Gasteiger partial charge on any atom is 0.416 e. The van der Waals surface area contributed by atoms with Crippen LogP contribution in [-0.4, -0.2) is 45.4 Å². The average Bonchev–Trinajstić information content (AvgIpc) is 3.52. The van der Waals surface area contributed by atoms with E-state index in [1.807, 2.05) is 30.3 Å². The van der Waals surface area contributed by atoms with Crippen molar-refractivity contribution >= 4 is 6.09 Å². The topological polar surface area (TPSA) is 72.8 Å². The molecule has 0 aliphatic heterocycles. The standard InChI is InChI=1S/C25H31F3N2O3/c1-23(2,3)30(22(32)33)20(14-17-8-5-4-6-9-17)21(31)16-29-24(12-13-24)18-10-7-11-19(15-18)25(26,27)28/h4-11,15,20-21,29,31H,12-14,16H2,1-3H3,(H,32,33)/t20-,21+/m0/s1. The van der Waals surface area contributed by atoms with Gasteiger partial charge in [-0.1, -0.05) is 42.5 Å². The largest absolute Gasteiger partial charge is 0.465 e. The Morgan fingerprint density at radius 2 is 1.73 bits per heavy atom. The highest BCUT2D eigenvalue weighted by Gasteiger charge is 2.46. The summed E-state index contributed by atoms with van der Waals surface area (Å²) >= 11 is 0. The van der Waals surface area contributed by atoms with Crippen molar-refractivity contribution in [3.8, 4) is 0 Å². The van der Waals surface area contributed by atoms with Gasteiger partial charge in [-0.15, -0.1) is 0 Å². The van der Waals surface area contributed by atoms with Crippen LogP contribution in [0.25, 0.3) is 0 Å². The molecule has 2 aromatic carbocycles. The highest BCUT2D eigenvalue weighted by Crippen LogP contribution is 2.46. The number of alkyl halides is 3. The van der Waals surface area contributed by atoms with E-state index in [2.05, 4.69) is 5.32 Å². The van der Waals surface area contributed by atoms with Crippen LogP contribution in [0.3, 0.4) is 0 Å². The summed E-state index contributed by atoms with van der Waals surface area (Å²) in [5.41, 5.74) is -0.702. The molecule has 1 aliphatic carbocycles. The lowest BCUT2D eigenvalue weighted by atomic mass is 9.94. The molecule has 3 rings (SSSR count). The van der Waals surface area contributed by atoms with Gasteiger partial charge in [-0.3, -0.25) is 4.90 Å². The van der Waals surface area contributed by atoms with E-state index in [9.17, 15) is 28.2 Å². The first-order valence-corrected chi connectivity index (χ1v) is 11.0. The quantitative estimate of drug-likeness (QED) is 0.512. The molecule has 0 radical (unpaired) electrons. The lowest BCUT2D eigenvalue weighted by Crippen LogP contribution is -2.58. The Labute approximate surface area is 192 Å². The number of hydrogen-bond acceptors (Lipinski definition) is 3. The molecule has 2 atom stereocenters. The van der Waals surface area contributed by atoms with Crippen LogP contribution in [0.1, 0.15) is 50.3 Å². The fourth-order valence-electron chi connectivity index (χ4n) is 4.30. The van der Waals surface area contributed by atoms with Gasteiger partial charge in [0.2, 0.25) is 0 Å². The molecule has 180 valence electrons. The molecule has 1 saturated carbocycles. The number of nitrogens with zero attached hydrogens (tertiary/aromatic N) is 1. The van der Waals surface area contributed by atoms with E-state index in [1.54, 1.807) is 26.8 Å². The number of hydrogen-bond donors (Lipinski definition) is 3. The SMILES string of the molecule is CC(C)(C)N(C(=O)O)[C@@H](Cc1ccccc1)[C@H](O)CNC1(c2cccc(C(F)(F)F)c2)CC1. The fourth-order valence-corrected chi connectivity index (χ4v) is 4.30. The van der Waals surface area contributed by atoms with Crippen molar-refractivity contribution in [1.82, 2.24) is 10.2 Å².